The number of hydrogen-bond donors (Lipinski definition) is 4. The Morgan fingerprint density at radius 3 is 2.15 bits per heavy atom. The Bertz CT molecular complexity index is 638. The number of carbonyl (C=O) groups is 2. The summed E-state index contributed by atoms with van der Waals surface area (Å²) < 4.78 is 0. The number of phenolic OH excluding ortho intramolecular Hbond substituents is 1. The molecule has 2 aromatic rings. The zero-order chi connectivity index (χ0) is 14.5. The van der Waals surface area contributed by atoms with E-state index in [-0.39, 0.29) is 17.0 Å². The summed E-state index contributed by atoms with van der Waals surface area (Å²) in [6.45, 7) is 0. The van der Waals surface area contributed by atoms with Crippen LogP contribution in [0.2, 0.25) is 0 Å². The van der Waals surface area contributed by atoms with Crippen molar-refractivity contribution in [3.05, 3.63) is 54.1 Å². The molecular formula is C14H12N2O4. The Kier molecular flexibility index (Phi) is 3.85. The van der Waals surface area contributed by atoms with Gasteiger partial charge in [0.15, 0.2) is 0 Å². The highest BCUT2D eigenvalue weighted by atomic mass is 16.4. The van der Waals surface area contributed by atoms with Gasteiger partial charge in [0.2, 0.25) is 0 Å². The van der Waals surface area contributed by atoms with Crippen LogP contribution >= 0.6 is 0 Å². The molecule has 0 aliphatic carbocycles. The lowest BCUT2D eigenvalue weighted by Gasteiger charge is -2.08. The summed E-state index contributed by atoms with van der Waals surface area (Å²) in [7, 11) is 0. The Morgan fingerprint density at radius 1 is 0.900 bits per heavy atom. The van der Waals surface area contributed by atoms with Crippen molar-refractivity contribution in [1.29, 1.82) is 0 Å². The molecule has 102 valence electrons. The zero-order valence-corrected chi connectivity index (χ0v) is 10.3. The quantitative estimate of drug-likeness (QED) is 0.645. The van der Waals surface area contributed by atoms with Crippen LogP contribution in [0.5, 0.6) is 5.75 Å². The monoisotopic (exact) mass is 272 g/mol. The molecule has 0 bridgehead atoms. The van der Waals surface area contributed by atoms with Gasteiger partial charge in [0.05, 0.1) is 11.3 Å². The number of carbonyl (C=O) groups excluding carboxylic acids is 1. The summed E-state index contributed by atoms with van der Waals surface area (Å²) >= 11 is 0. The molecule has 0 saturated carbocycles. The Labute approximate surface area is 114 Å². The number of nitrogens with one attached hydrogen (secondary N) is 2. The van der Waals surface area contributed by atoms with E-state index in [0.29, 0.717) is 5.69 Å². The van der Waals surface area contributed by atoms with E-state index in [1.807, 2.05) is 0 Å². The highest BCUT2D eigenvalue weighted by molar-refractivity contribution is 6.00. The molecule has 0 spiro atoms. The normalized spacial score (nSPS) is 9.80. The maximum atomic E-state index is 11.7. The molecule has 2 aromatic carbocycles. The summed E-state index contributed by atoms with van der Waals surface area (Å²) in [6, 6.07) is 11.5. The lowest BCUT2D eigenvalue weighted by Crippen LogP contribution is -2.19. The van der Waals surface area contributed by atoms with Crippen molar-refractivity contribution in [2.45, 2.75) is 0 Å². The van der Waals surface area contributed by atoms with Crippen LogP contribution in [0.15, 0.2) is 48.5 Å². The molecule has 0 saturated heterocycles. The summed E-state index contributed by atoms with van der Waals surface area (Å²) in [5, 5.41) is 23.3. The number of urea groups is 1. The topological polar surface area (TPSA) is 98.7 Å². The van der Waals surface area contributed by atoms with Gasteiger partial charge in [-0.15, -0.1) is 0 Å². The van der Waals surface area contributed by atoms with Gasteiger partial charge in [-0.25, -0.2) is 9.59 Å². The summed E-state index contributed by atoms with van der Waals surface area (Å²) in [6.07, 6.45) is 0. The third-order valence-electron chi connectivity index (χ3n) is 2.54. The second-order valence-electron chi connectivity index (χ2n) is 3.98. The first kappa shape index (κ1) is 13.4. The molecule has 0 heterocycles. The van der Waals surface area contributed by atoms with Crippen LogP contribution in [-0.4, -0.2) is 22.2 Å². The van der Waals surface area contributed by atoms with Crippen molar-refractivity contribution in [3.8, 4) is 5.75 Å². The molecule has 4 N–H and O–H groups in total. The molecule has 0 atom stereocenters. The average molecular weight is 272 g/mol. The van der Waals surface area contributed by atoms with E-state index in [0.717, 1.165) is 0 Å². The third kappa shape index (κ3) is 3.26. The van der Waals surface area contributed by atoms with Crippen molar-refractivity contribution >= 4 is 23.4 Å². The molecular weight excluding hydrogens is 260 g/mol. The van der Waals surface area contributed by atoms with Crippen LogP contribution in [0.4, 0.5) is 16.2 Å². The van der Waals surface area contributed by atoms with Crippen LogP contribution in [0, 0.1) is 0 Å². The van der Waals surface area contributed by atoms with E-state index in [1.54, 1.807) is 18.2 Å². The zero-order valence-electron chi connectivity index (χ0n) is 10.3. The highest BCUT2D eigenvalue weighted by Gasteiger charge is 2.07. The Morgan fingerprint density at radius 2 is 1.55 bits per heavy atom. The molecule has 6 nitrogen and oxygen atoms in total. The number of amides is 2. The standard InChI is InChI=1S/C14H12N2O4/c17-12-4-2-1-3-11(12)16-14(20)15-10-7-5-9(6-8-10)13(18)19/h1-8,17H,(H,18,19)(H2,15,16,20). The highest BCUT2D eigenvalue weighted by Crippen LogP contribution is 2.21. The summed E-state index contributed by atoms with van der Waals surface area (Å²) in [5.41, 5.74) is 0.867. The molecule has 6 heteroatoms. The number of para-hydroxylation sites is 2. The minimum absolute atomic E-state index is 0.0381. The van der Waals surface area contributed by atoms with Crippen molar-refractivity contribution in [2.75, 3.05) is 10.6 Å². The number of benzene rings is 2. The Hall–Kier alpha value is -3.02. The van der Waals surface area contributed by atoms with Gasteiger partial charge in [-0.2, -0.15) is 0 Å². The minimum atomic E-state index is -1.03. The largest absolute Gasteiger partial charge is 0.506 e. The van der Waals surface area contributed by atoms with Gasteiger partial charge in [-0.05, 0) is 36.4 Å². The Balaban J connectivity index is 2.01. The maximum Gasteiger partial charge on any atom is 0.335 e. The summed E-state index contributed by atoms with van der Waals surface area (Å²) in [4.78, 5) is 22.4. The van der Waals surface area contributed by atoms with Gasteiger partial charge < -0.3 is 20.8 Å². The van der Waals surface area contributed by atoms with E-state index in [4.69, 9.17) is 5.11 Å². The smallest absolute Gasteiger partial charge is 0.335 e. The van der Waals surface area contributed by atoms with Crippen LogP contribution in [0.1, 0.15) is 10.4 Å². The molecule has 2 rings (SSSR count). The van der Waals surface area contributed by atoms with Gasteiger partial charge in [0.25, 0.3) is 0 Å². The predicted molar refractivity (Wildman–Crippen MR) is 74.1 cm³/mol. The molecule has 0 radical (unpaired) electrons. The van der Waals surface area contributed by atoms with Gasteiger partial charge in [-0.1, -0.05) is 12.1 Å². The fraction of sp³-hybridized carbons (Fsp3) is 0. The number of phenols is 1. The van der Waals surface area contributed by atoms with Gasteiger partial charge in [0, 0.05) is 5.69 Å². The predicted octanol–water partition coefficient (Wildman–Crippen LogP) is 2.73. The van der Waals surface area contributed by atoms with Crippen molar-refractivity contribution in [3.63, 3.8) is 0 Å². The molecule has 0 fully saturated rings. The fourth-order valence-electron chi connectivity index (χ4n) is 1.56. The van der Waals surface area contributed by atoms with Gasteiger partial charge in [-0.3, -0.25) is 0 Å². The molecule has 0 aromatic heterocycles. The fourth-order valence-corrected chi connectivity index (χ4v) is 1.56. The van der Waals surface area contributed by atoms with Gasteiger partial charge in [0.1, 0.15) is 5.75 Å². The van der Waals surface area contributed by atoms with Gasteiger partial charge >= 0.3 is 12.0 Å². The number of aromatic carboxylic acids is 1. The first-order chi connectivity index (χ1) is 9.56. The van der Waals surface area contributed by atoms with Crippen LogP contribution < -0.4 is 10.6 Å². The summed E-state index contributed by atoms with van der Waals surface area (Å²) in [5.74, 6) is -1.07. The minimum Gasteiger partial charge on any atom is -0.506 e. The number of carboxylic acid groups (broad SMARTS) is 1. The van der Waals surface area contributed by atoms with Crippen molar-refractivity contribution in [1.82, 2.24) is 0 Å². The van der Waals surface area contributed by atoms with Crippen molar-refractivity contribution < 1.29 is 19.8 Å². The number of carboxylic acids is 1. The maximum absolute atomic E-state index is 11.7. The van der Waals surface area contributed by atoms with E-state index in [9.17, 15) is 14.7 Å². The number of anilines is 2. The average Bonchev–Trinajstić information content (AvgIpc) is 2.42. The molecule has 0 unspecified atom stereocenters. The van der Waals surface area contributed by atoms with E-state index >= 15 is 0 Å². The molecule has 0 aliphatic heterocycles. The van der Waals surface area contributed by atoms with Crippen LogP contribution in [-0.2, 0) is 0 Å². The SMILES string of the molecule is O=C(Nc1ccc(C(=O)O)cc1)Nc1ccccc1O. The second kappa shape index (κ2) is 5.75. The van der Waals surface area contributed by atoms with E-state index in [1.165, 1.54) is 30.3 Å². The van der Waals surface area contributed by atoms with Crippen LogP contribution in [0.3, 0.4) is 0 Å². The number of aromatic hydroxyl groups is 1. The lowest BCUT2D eigenvalue weighted by molar-refractivity contribution is 0.0697. The molecule has 2 amide bonds. The number of rotatable bonds is 3. The van der Waals surface area contributed by atoms with E-state index in [2.05, 4.69) is 10.6 Å². The second-order valence-corrected chi connectivity index (χ2v) is 3.98. The third-order valence-corrected chi connectivity index (χ3v) is 2.54. The first-order valence-electron chi connectivity index (χ1n) is 5.75. The lowest BCUT2D eigenvalue weighted by atomic mass is 10.2. The number of hydrogen-bond acceptors (Lipinski definition) is 3. The molecule has 20 heavy (non-hydrogen) atoms. The first-order valence-corrected chi connectivity index (χ1v) is 5.75. The van der Waals surface area contributed by atoms with E-state index < -0.39 is 12.0 Å². The van der Waals surface area contributed by atoms with Crippen LogP contribution in [0.25, 0.3) is 0 Å². The van der Waals surface area contributed by atoms with Crippen molar-refractivity contribution in [2.24, 2.45) is 0 Å². The molecule has 0 aliphatic rings.